The van der Waals surface area contributed by atoms with Crippen LogP contribution in [0.1, 0.15) is 6.92 Å². The molecule has 1 N–H and O–H groups in total. The van der Waals surface area contributed by atoms with Gasteiger partial charge in [0.1, 0.15) is 6.67 Å². The van der Waals surface area contributed by atoms with Gasteiger partial charge in [-0.2, -0.15) is 10.2 Å². The van der Waals surface area contributed by atoms with Crippen molar-refractivity contribution in [1.82, 2.24) is 4.90 Å². The Labute approximate surface area is 55.1 Å². The summed E-state index contributed by atoms with van der Waals surface area (Å²) >= 11 is 0. The molecule has 0 aliphatic carbocycles. The Morgan fingerprint density at radius 3 is 2.56 bits per heavy atom. The molecule has 0 atom stereocenters. The lowest BCUT2D eigenvalue weighted by Crippen LogP contribution is -2.22. The van der Waals surface area contributed by atoms with Gasteiger partial charge in [-0.3, -0.25) is 5.41 Å². The first-order chi connectivity index (χ1) is 4.18. The average Bonchev–Trinajstić information content (AvgIpc) is 1.82. The Kier molecular flexibility index (Phi) is 3.59. The van der Waals surface area contributed by atoms with Crippen molar-refractivity contribution in [2.24, 2.45) is 10.2 Å². The molecule has 0 rings (SSSR count). The number of nitrogens with zero attached hydrogens (tertiary/aromatic N) is 3. The predicted octanol–water partition coefficient (Wildman–Crippen LogP) is 0.955. The van der Waals surface area contributed by atoms with Crippen LogP contribution < -0.4 is 0 Å². The van der Waals surface area contributed by atoms with Gasteiger partial charge in [0.25, 0.3) is 0 Å². The van der Waals surface area contributed by atoms with Crippen LogP contribution in [-0.4, -0.2) is 31.5 Å². The lowest BCUT2D eigenvalue weighted by molar-refractivity contribution is 0.502. The summed E-state index contributed by atoms with van der Waals surface area (Å²) in [5.41, 5.74) is 0. The van der Waals surface area contributed by atoms with Crippen LogP contribution >= 0.6 is 0 Å². The molecule has 0 aliphatic heterocycles. The van der Waals surface area contributed by atoms with E-state index in [1.54, 1.807) is 25.9 Å². The molecular weight excluding hydrogens is 116 g/mol. The molecule has 4 nitrogen and oxygen atoms in total. The number of azo groups is 1. The lowest BCUT2D eigenvalue weighted by atomic mass is 10.6. The average molecular weight is 128 g/mol. The smallest absolute Gasteiger partial charge is 0.131 e. The van der Waals surface area contributed by atoms with E-state index in [9.17, 15) is 0 Å². The summed E-state index contributed by atoms with van der Waals surface area (Å²) in [6.07, 6.45) is 0. The van der Waals surface area contributed by atoms with E-state index < -0.39 is 0 Å². The summed E-state index contributed by atoms with van der Waals surface area (Å²) in [5.74, 6) is 0.502. The molecule has 0 saturated carbocycles. The van der Waals surface area contributed by atoms with Gasteiger partial charge in [0.15, 0.2) is 0 Å². The van der Waals surface area contributed by atoms with Crippen molar-refractivity contribution in [2.45, 2.75) is 6.92 Å². The SMILES string of the molecule is CN=NCN(C)C(C)=N. The second-order valence-electron chi connectivity index (χ2n) is 1.77. The van der Waals surface area contributed by atoms with Gasteiger partial charge in [-0.15, -0.1) is 0 Å². The van der Waals surface area contributed by atoms with Crippen LogP contribution in [0.4, 0.5) is 0 Å². The highest BCUT2D eigenvalue weighted by Crippen LogP contribution is 1.83. The van der Waals surface area contributed by atoms with Gasteiger partial charge in [-0.25, -0.2) is 0 Å². The van der Waals surface area contributed by atoms with E-state index in [1.165, 1.54) is 0 Å². The Hall–Kier alpha value is -0.930. The summed E-state index contributed by atoms with van der Waals surface area (Å²) in [7, 11) is 3.42. The van der Waals surface area contributed by atoms with Crippen LogP contribution in [0.3, 0.4) is 0 Å². The predicted molar refractivity (Wildman–Crippen MR) is 36.8 cm³/mol. The van der Waals surface area contributed by atoms with Crippen LogP contribution in [0.2, 0.25) is 0 Å². The van der Waals surface area contributed by atoms with Gasteiger partial charge < -0.3 is 4.90 Å². The van der Waals surface area contributed by atoms with Crippen LogP contribution in [0, 0.1) is 5.41 Å². The summed E-state index contributed by atoms with van der Waals surface area (Å²) in [4.78, 5) is 1.70. The zero-order valence-electron chi connectivity index (χ0n) is 6.05. The molecule has 0 aromatic rings. The standard InChI is InChI=1S/C5H12N4/c1-5(6)9(3)4-8-7-2/h6H,4H2,1-3H3. The minimum absolute atomic E-state index is 0.478. The Morgan fingerprint density at radius 2 is 2.22 bits per heavy atom. The molecule has 9 heavy (non-hydrogen) atoms. The van der Waals surface area contributed by atoms with Gasteiger partial charge >= 0.3 is 0 Å². The molecule has 0 bridgehead atoms. The Balaban J connectivity index is 3.50. The maximum Gasteiger partial charge on any atom is 0.131 e. The second kappa shape index (κ2) is 4.00. The van der Waals surface area contributed by atoms with Gasteiger partial charge in [-0.1, -0.05) is 0 Å². The van der Waals surface area contributed by atoms with Crippen molar-refractivity contribution in [2.75, 3.05) is 20.8 Å². The van der Waals surface area contributed by atoms with E-state index in [-0.39, 0.29) is 0 Å². The highest BCUT2D eigenvalue weighted by molar-refractivity contribution is 5.75. The molecule has 0 aromatic carbocycles. The van der Waals surface area contributed by atoms with Crippen molar-refractivity contribution >= 4 is 5.84 Å². The van der Waals surface area contributed by atoms with Gasteiger partial charge in [0.2, 0.25) is 0 Å². The van der Waals surface area contributed by atoms with Gasteiger partial charge in [0.05, 0.1) is 5.84 Å². The largest absolute Gasteiger partial charge is 0.343 e. The summed E-state index contributed by atoms with van der Waals surface area (Å²) in [6, 6.07) is 0. The first kappa shape index (κ1) is 8.07. The molecule has 0 amide bonds. The van der Waals surface area contributed by atoms with Crippen LogP contribution in [0.15, 0.2) is 10.2 Å². The topological polar surface area (TPSA) is 51.8 Å². The minimum Gasteiger partial charge on any atom is -0.343 e. The molecule has 0 aliphatic rings. The molecule has 0 radical (unpaired) electrons. The summed E-state index contributed by atoms with van der Waals surface area (Å²) in [6.45, 7) is 2.19. The van der Waals surface area contributed by atoms with E-state index in [2.05, 4.69) is 10.2 Å². The van der Waals surface area contributed by atoms with Crippen molar-refractivity contribution in [3.8, 4) is 0 Å². The third-order valence-electron chi connectivity index (χ3n) is 0.989. The first-order valence-corrected chi connectivity index (χ1v) is 2.70. The molecule has 0 spiro atoms. The highest BCUT2D eigenvalue weighted by atomic mass is 15.3. The number of hydrogen-bond acceptors (Lipinski definition) is 3. The van der Waals surface area contributed by atoms with Crippen molar-refractivity contribution in [1.29, 1.82) is 5.41 Å². The van der Waals surface area contributed by atoms with Crippen molar-refractivity contribution < 1.29 is 0 Å². The summed E-state index contributed by atoms with van der Waals surface area (Å²) < 4.78 is 0. The second-order valence-corrected chi connectivity index (χ2v) is 1.77. The van der Waals surface area contributed by atoms with Crippen molar-refractivity contribution in [3.05, 3.63) is 0 Å². The highest BCUT2D eigenvalue weighted by Gasteiger charge is 1.92. The van der Waals surface area contributed by atoms with Gasteiger partial charge in [0, 0.05) is 14.1 Å². The maximum atomic E-state index is 7.10. The van der Waals surface area contributed by atoms with E-state index in [4.69, 9.17) is 5.41 Å². The van der Waals surface area contributed by atoms with Crippen LogP contribution in [0.25, 0.3) is 0 Å². The molecule has 0 heterocycles. The normalized spacial score (nSPS) is 10.1. The zero-order chi connectivity index (χ0) is 7.28. The van der Waals surface area contributed by atoms with Crippen molar-refractivity contribution in [3.63, 3.8) is 0 Å². The summed E-state index contributed by atoms with van der Waals surface area (Å²) in [5, 5.41) is 14.4. The minimum atomic E-state index is 0.478. The number of amidine groups is 1. The van der Waals surface area contributed by atoms with Gasteiger partial charge in [-0.05, 0) is 6.92 Å². The Morgan fingerprint density at radius 1 is 1.67 bits per heavy atom. The molecule has 0 saturated heterocycles. The molecule has 0 unspecified atom stereocenters. The Bertz CT molecular complexity index is 118. The lowest BCUT2D eigenvalue weighted by Gasteiger charge is -2.11. The third-order valence-corrected chi connectivity index (χ3v) is 0.989. The monoisotopic (exact) mass is 128 g/mol. The fourth-order valence-corrected chi connectivity index (χ4v) is 0.264. The van der Waals surface area contributed by atoms with Crippen LogP contribution in [-0.2, 0) is 0 Å². The van der Waals surface area contributed by atoms with E-state index >= 15 is 0 Å². The van der Waals surface area contributed by atoms with E-state index in [0.717, 1.165) is 0 Å². The van der Waals surface area contributed by atoms with Crippen LogP contribution in [0.5, 0.6) is 0 Å². The molecule has 4 heteroatoms. The molecular formula is C5H12N4. The quantitative estimate of drug-likeness (QED) is 0.336. The first-order valence-electron chi connectivity index (χ1n) is 2.70. The fourth-order valence-electron chi connectivity index (χ4n) is 0.264. The maximum absolute atomic E-state index is 7.10. The molecule has 0 fully saturated rings. The number of rotatable bonds is 2. The third kappa shape index (κ3) is 3.64. The molecule has 52 valence electrons. The number of hydrogen-bond donors (Lipinski definition) is 1. The number of nitrogens with one attached hydrogen (secondary N) is 1. The molecule has 0 aromatic heterocycles. The fraction of sp³-hybridized carbons (Fsp3) is 0.800. The van der Waals surface area contributed by atoms with E-state index in [1.807, 2.05) is 0 Å². The van der Waals surface area contributed by atoms with E-state index in [0.29, 0.717) is 12.5 Å². The zero-order valence-corrected chi connectivity index (χ0v) is 6.05.